The summed E-state index contributed by atoms with van der Waals surface area (Å²) >= 11 is 1.69. The number of nitrogens with one attached hydrogen (secondary N) is 2. The van der Waals surface area contributed by atoms with Crippen LogP contribution in [0.3, 0.4) is 0 Å². The zero-order chi connectivity index (χ0) is 20.7. The number of amides is 1. The molecule has 6 nitrogen and oxygen atoms in total. The minimum atomic E-state index is 0.00273. The number of aromatic nitrogens is 1. The molecule has 0 saturated heterocycles. The summed E-state index contributed by atoms with van der Waals surface area (Å²) in [6, 6.07) is 7.58. The molecule has 1 amide bonds. The van der Waals surface area contributed by atoms with E-state index < -0.39 is 0 Å². The highest BCUT2D eigenvalue weighted by atomic mass is 32.1. The van der Waals surface area contributed by atoms with E-state index in [-0.39, 0.29) is 11.3 Å². The summed E-state index contributed by atoms with van der Waals surface area (Å²) in [7, 11) is 3.50. The van der Waals surface area contributed by atoms with E-state index in [1.54, 1.807) is 30.3 Å². The Labute approximate surface area is 172 Å². The quantitative estimate of drug-likeness (QED) is 0.575. The van der Waals surface area contributed by atoms with E-state index in [9.17, 15) is 4.79 Å². The van der Waals surface area contributed by atoms with E-state index in [4.69, 9.17) is 4.98 Å². The maximum atomic E-state index is 12.0. The average molecular weight is 402 g/mol. The molecular weight excluding hydrogens is 370 g/mol. The van der Waals surface area contributed by atoms with Gasteiger partial charge in [-0.2, -0.15) is 0 Å². The van der Waals surface area contributed by atoms with E-state index in [2.05, 4.69) is 41.8 Å². The van der Waals surface area contributed by atoms with Gasteiger partial charge in [0.1, 0.15) is 0 Å². The minimum absolute atomic E-state index is 0.00273. The van der Waals surface area contributed by atoms with Gasteiger partial charge in [-0.15, -0.1) is 11.3 Å². The first-order chi connectivity index (χ1) is 13.2. The minimum Gasteiger partial charge on any atom is -0.357 e. The molecule has 0 atom stereocenters. The number of thiazole rings is 1. The zero-order valence-electron chi connectivity index (χ0n) is 17.7. The van der Waals surface area contributed by atoms with Crippen LogP contribution in [-0.4, -0.2) is 42.4 Å². The molecule has 1 aromatic heterocycles. The highest BCUT2D eigenvalue weighted by molar-refractivity contribution is 7.09. The molecule has 2 rings (SSSR count). The van der Waals surface area contributed by atoms with E-state index >= 15 is 0 Å². The molecule has 1 aromatic carbocycles. The Morgan fingerprint density at radius 1 is 1.18 bits per heavy atom. The monoisotopic (exact) mass is 401 g/mol. The van der Waals surface area contributed by atoms with Crippen LogP contribution in [0.1, 0.15) is 54.3 Å². The lowest BCUT2D eigenvalue weighted by atomic mass is 9.98. The Morgan fingerprint density at radius 3 is 2.39 bits per heavy atom. The average Bonchev–Trinajstić information content (AvgIpc) is 3.13. The van der Waals surface area contributed by atoms with Crippen molar-refractivity contribution in [1.82, 2.24) is 20.5 Å². The first-order valence-electron chi connectivity index (χ1n) is 9.48. The highest BCUT2D eigenvalue weighted by Crippen LogP contribution is 2.25. The molecule has 0 saturated carbocycles. The zero-order valence-corrected chi connectivity index (χ0v) is 18.5. The summed E-state index contributed by atoms with van der Waals surface area (Å²) in [4.78, 5) is 22.9. The van der Waals surface area contributed by atoms with Crippen LogP contribution in [0.4, 0.5) is 0 Å². The molecule has 7 heteroatoms. The maximum Gasteiger partial charge on any atom is 0.253 e. The number of carbonyl (C=O) groups excluding carboxylic acids is 1. The number of hydrogen-bond acceptors (Lipinski definition) is 4. The van der Waals surface area contributed by atoms with Crippen molar-refractivity contribution in [2.45, 2.75) is 46.2 Å². The molecule has 0 radical (unpaired) electrons. The van der Waals surface area contributed by atoms with Crippen molar-refractivity contribution < 1.29 is 4.79 Å². The van der Waals surface area contributed by atoms with Gasteiger partial charge in [-0.3, -0.25) is 4.79 Å². The van der Waals surface area contributed by atoms with Crippen molar-refractivity contribution >= 4 is 23.2 Å². The lowest BCUT2D eigenvalue weighted by Crippen LogP contribution is -2.36. The summed E-state index contributed by atoms with van der Waals surface area (Å²) in [5.41, 5.74) is 2.82. The lowest BCUT2D eigenvalue weighted by molar-refractivity contribution is 0.0827. The maximum absolute atomic E-state index is 12.0. The topological polar surface area (TPSA) is 69.6 Å². The van der Waals surface area contributed by atoms with Gasteiger partial charge in [-0.05, 0) is 24.6 Å². The molecule has 0 spiro atoms. The van der Waals surface area contributed by atoms with E-state index in [1.807, 2.05) is 31.2 Å². The standard InChI is InChI=1S/C21H31N5OS/c1-7-22-20(24-13-17-14-28-19(25-17)21(2,3)4)23-12-15-8-10-16(11-9-15)18(27)26(5)6/h8-11,14H,7,12-13H2,1-6H3,(H2,22,23,24). The fraction of sp³-hybridized carbons (Fsp3) is 0.476. The van der Waals surface area contributed by atoms with E-state index in [0.717, 1.165) is 28.8 Å². The third-order valence-electron chi connectivity index (χ3n) is 4.00. The molecule has 0 aliphatic heterocycles. The second-order valence-electron chi connectivity index (χ2n) is 7.84. The lowest BCUT2D eigenvalue weighted by Gasteiger charge is -2.14. The third-order valence-corrected chi connectivity index (χ3v) is 5.32. The van der Waals surface area contributed by atoms with Crippen molar-refractivity contribution in [2.24, 2.45) is 4.99 Å². The fourth-order valence-corrected chi connectivity index (χ4v) is 3.34. The molecule has 152 valence electrons. The second kappa shape index (κ2) is 9.68. The Kier molecular flexibility index (Phi) is 7.57. The number of rotatable bonds is 6. The predicted octanol–water partition coefficient (Wildman–Crippen LogP) is 3.40. The van der Waals surface area contributed by atoms with Gasteiger partial charge in [0, 0.05) is 37.0 Å². The van der Waals surface area contributed by atoms with Crippen LogP contribution in [0.2, 0.25) is 0 Å². The molecule has 28 heavy (non-hydrogen) atoms. The second-order valence-corrected chi connectivity index (χ2v) is 8.70. The molecule has 0 aliphatic carbocycles. The predicted molar refractivity (Wildman–Crippen MR) is 117 cm³/mol. The largest absolute Gasteiger partial charge is 0.357 e. The summed E-state index contributed by atoms with van der Waals surface area (Å²) < 4.78 is 0. The molecule has 0 unspecified atom stereocenters. The number of guanidine groups is 1. The van der Waals surface area contributed by atoms with Gasteiger partial charge < -0.3 is 15.5 Å². The number of carbonyl (C=O) groups is 1. The van der Waals surface area contributed by atoms with Gasteiger partial charge in [0.15, 0.2) is 5.96 Å². The summed E-state index contributed by atoms with van der Waals surface area (Å²) in [6.45, 7) is 10.5. The fourth-order valence-electron chi connectivity index (χ4n) is 2.43. The van der Waals surface area contributed by atoms with E-state index in [1.165, 1.54) is 0 Å². The van der Waals surface area contributed by atoms with Crippen molar-refractivity contribution in [3.8, 4) is 0 Å². The van der Waals surface area contributed by atoms with Gasteiger partial charge in [0.25, 0.3) is 5.91 Å². The van der Waals surface area contributed by atoms with Gasteiger partial charge in [-0.1, -0.05) is 32.9 Å². The van der Waals surface area contributed by atoms with Gasteiger partial charge in [0.05, 0.1) is 23.8 Å². The molecule has 2 N–H and O–H groups in total. The van der Waals surface area contributed by atoms with Crippen molar-refractivity contribution in [1.29, 1.82) is 0 Å². The number of nitrogens with zero attached hydrogens (tertiary/aromatic N) is 3. The first kappa shape index (κ1) is 21.9. The molecular formula is C21H31N5OS. The van der Waals surface area contributed by atoms with Gasteiger partial charge in [-0.25, -0.2) is 9.98 Å². The molecule has 1 heterocycles. The van der Waals surface area contributed by atoms with Crippen LogP contribution in [0.25, 0.3) is 0 Å². The Morgan fingerprint density at radius 2 is 1.86 bits per heavy atom. The summed E-state index contributed by atoms with van der Waals surface area (Å²) in [5.74, 6) is 0.754. The Balaban J connectivity index is 1.98. The summed E-state index contributed by atoms with van der Waals surface area (Å²) in [5, 5.41) is 9.83. The molecule has 2 aromatic rings. The van der Waals surface area contributed by atoms with E-state index in [0.29, 0.717) is 18.7 Å². The molecule has 0 fully saturated rings. The van der Waals surface area contributed by atoms with Crippen molar-refractivity contribution in [3.05, 3.63) is 51.5 Å². The van der Waals surface area contributed by atoms with Crippen LogP contribution in [0.5, 0.6) is 0 Å². The Hall–Kier alpha value is -2.41. The number of aliphatic imine (C=N–C) groups is 1. The smallest absolute Gasteiger partial charge is 0.253 e. The number of benzene rings is 1. The molecule has 0 aliphatic rings. The SMILES string of the molecule is CCNC(=NCc1ccc(C(=O)N(C)C)cc1)NCc1csc(C(C)(C)C)n1. The highest BCUT2D eigenvalue weighted by Gasteiger charge is 2.17. The summed E-state index contributed by atoms with van der Waals surface area (Å²) in [6.07, 6.45) is 0. The van der Waals surface area contributed by atoms with Crippen LogP contribution >= 0.6 is 11.3 Å². The van der Waals surface area contributed by atoms with Crippen LogP contribution in [0.15, 0.2) is 34.6 Å². The third kappa shape index (κ3) is 6.34. The molecule has 0 bridgehead atoms. The van der Waals surface area contributed by atoms with Gasteiger partial charge >= 0.3 is 0 Å². The van der Waals surface area contributed by atoms with Crippen LogP contribution in [-0.2, 0) is 18.5 Å². The van der Waals surface area contributed by atoms with Crippen molar-refractivity contribution in [2.75, 3.05) is 20.6 Å². The van der Waals surface area contributed by atoms with Crippen molar-refractivity contribution in [3.63, 3.8) is 0 Å². The first-order valence-corrected chi connectivity index (χ1v) is 10.4. The normalized spacial score (nSPS) is 12.0. The Bertz CT molecular complexity index is 803. The van der Waals surface area contributed by atoms with Crippen LogP contribution < -0.4 is 10.6 Å². The van der Waals surface area contributed by atoms with Crippen LogP contribution in [0, 0.1) is 0 Å². The van der Waals surface area contributed by atoms with Gasteiger partial charge in [0.2, 0.25) is 0 Å². The number of hydrogen-bond donors (Lipinski definition) is 2.